The minimum Gasteiger partial charge on any atom is -0.465 e. The maximum atomic E-state index is 14.1. The molecule has 4 aliphatic heterocycles. The molecule has 5 atom stereocenters. The second-order valence-electron chi connectivity index (χ2n) is 9.65. The fourth-order valence-electron chi connectivity index (χ4n) is 5.91. The van der Waals surface area contributed by atoms with E-state index in [9.17, 15) is 19.5 Å². The molecule has 7 nitrogen and oxygen atoms in total. The van der Waals surface area contributed by atoms with Crippen LogP contribution in [0.4, 0.5) is 0 Å². The molecule has 0 bridgehead atoms. The average molecular weight is 497 g/mol. The molecule has 1 spiro atoms. The van der Waals surface area contributed by atoms with Crippen molar-refractivity contribution in [3.63, 3.8) is 0 Å². The number of esters is 1. The van der Waals surface area contributed by atoms with Gasteiger partial charge in [0, 0.05) is 31.5 Å². The molecule has 0 aromatic heterocycles. The third-order valence-electron chi connectivity index (χ3n) is 7.48. The second-order valence-corrected chi connectivity index (χ2v) is 11.1. The lowest BCUT2D eigenvalue weighted by Crippen LogP contribution is -2.53. The van der Waals surface area contributed by atoms with Crippen molar-refractivity contribution in [1.29, 1.82) is 0 Å². The Kier molecular flexibility index (Phi) is 7.02. The summed E-state index contributed by atoms with van der Waals surface area (Å²) in [5.41, 5.74) is 1.04. The van der Waals surface area contributed by atoms with Crippen LogP contribution in [0.5, 0.6) is 0 Å². The lowest BCUT2D eigenvalue weighted by atomic mass is 9.78. The van der Waals surface area contributed by atoms with Crippen LogP contribution in [0.2, 0.25) is 0 Å². The lowest BCUT2D eigenvalue weighted by molar-refractivity contribution is -0.153. The number of aliphatic hydroxyl groups is 1. The molecule has 2 saturated heterocycles. The number of amides is 2. The third kappa shape index (κ3) is 4.31. The summed E-state index contributed by atoms with van der Waals surface area (Å²) in [6, 6.07) is 9.19. The number of carbonyl (C=O) groups excluding carboxylic acids is 3. The molecule has 1 unspecified atom stereocenters. The van der Waals surface area contributed by atoms with Gasteiger partial charge in [0.15, 0.2) is 0 Å². The molecule has 8 heteroatoms. The van der Waals surface area contributed by atoms with E-state index >= 15 is 0 Å². The largest absolute Gasteiger partial charge is 0.465 e. The van der Waals surface area contributed by atoms with Crippen LogP contribution in [0.1, 0.15) is 31.2 Å². The number of hydrogen-bond acceptors (Lipinski definition) is 6. The smallest absolute Gasteiger partial charge is 0.311 e. The molecule has 2 amide bonds. The first-order valence-corrected chi connectivity index (χ1v) is 13.4. The Bertz CT molecular complexity index is 1030. The molecule has 0 saturated carbocycles. The minimum atomic E-state index is -0.806. The third-order valence-corrected chi connectivity index (χ3v) is 9.22. The van der Waals surface area contributed by atoms with Crippen LogP contribution in [-0.4, -0.2) is 75.0 Å². The Morgan fingerprint density at radius 2 is 1.89 bits per heavy atom. The molecule has 1 aromatic carbocycles. The van der Waals surface area contributed by atoms with Gasteiger partial charge in [-0.2, -0.15) is 0 Å². The van der Waals surface area contributed by atoms with E-state index in [0.717, 1.165) is 12.0 Å². The summed E-state index contributed by atoms with van der Waals surface area (Å²) in [5.74, 6) is -1.78. The summed E-state index contributed by atoms with van der Waals surface area (Å²) < 4.78 is 4.71. The summed E-state index contributed by atoms with van der Waals surface area (Å²) in [7, 11) is 0. The maximum Gasteiger partial charge on any atom is 0.311 e. The maximum absolute atomic E-state index is 14.1. The molecule has 1 N–H and O–H groups in total. The number of aliphatic hydroxyl groups excluding tert-OH is 1. The highest BCUT2D eigenvalue weighted by Crippen LogP contribution is 2.60. The SMILES string of the molecule is O=C1OCCC=C[C@H]2S[C@]34C=CCN(Cc5ccccc5)C(=O)C3N(CCCCCO)C(=O)[C@@H]4[C@@H]12. The summed E-state index contributed by atoms with van der Waals surface area (Å²) >= 11 is 1.58. The molecule has 0 radical (unpaired) electrons. The van der Waals surface area contributed by atoms with Crippen molar-refractivity contribution in [2.45, 2.75) is 48.3 Å². The van der Waals surface area contributed by atoms with E-state index in [4.69, 9.17) is 4.74 Å². The minimum absolute atomic E-state index is 0.0732. The zero-order valence-electron chi connectivity index (χ0n) is 19.8. The molecule has 4 heterocycles. The standard InChI is InChI=1S/C27H32N2O5S/c30-16-7-2-6-15-29-23-25(32)28(18-19-10-3-1-4-11-19)14-9-13-27(23)22(24(29)31)21-20(35-27)12-5-8-17-34-26(21)33/h1,3-5,9-13,20-23,30H,2,6-8,14-18H2/t20-,21+,22+,23?,27+/m1/s1. The average Bonchev–Trinajstić information content (AvgIpc) is 3.23. The van der Waals surface area contributed by atoms with Gasteiger partial charge in [-0.3, -0.25) is 14.4 Å². The van der Waals surface area contributed by atoms with Gasteiger partial charge >= 0.3 is 5.97 Å². The van der Waals surface area contributed by atoms with E-state index < -0.39 is 22.6 Å². The number of benzene rings is 1. The summed E-state index contributed by atoms with van der Waals surface area (Å²) in [5, 5.41) is 8.98. The van der Waals surface area contributed by atoms with Gasteiger partial charge in [0.1, 0.15) is 6.04 Å². The van der Waals surface area contributed by atoms with Crippen molar-refractivity contribution in [2.75, 3.05) is 26.3 Å². The molecule has 4 aliphatic rings. The predicted octanol–water partition coefficient (Wildman–Crippen LogP) is 2.55. The zero-order chi connectivity index (χ0) is 24.4. The van der Waals surface area contributed by atoms with Crippen molar-refractivity contribution >= 4 is 29.5 Å². The van der Waals surface area contributed by atoms with Crippen molar-refractivity contribution in [2.24, 2.45) is 11.8 Å². The van der Waals surface area contributed by atoms with Gasteiger partial charge in [0.2, 0.25) is 11.8 Å². The number of rotatable bonds is 7. The first-order valence-electron chi connectivity index (χ1n) is 12.5. The van der Waals surface area contributed by atoms with E-state index in [0.29, 0.717) is 45.5 Å². The highest BCUT2D eigenvalue weighted by Gasteiger charge is 2.70. The molecular weight excluding hydrogens is 464 g/mol. The van der Waals surface area contributed by atoms with E-state index in [2.05, 4.69) is 0 Å². The normalized spacial score (nSPS) is 32.0. The Labute approximate surface area is 210 Å². The molecule has 35 heavy (non-hydrogen) atoms. The Morgan fingerprint density at radius 1 is 1.06 bits per heavy atom. The van der Waals surface area contributed by atoms with Gasteiger partial charge in [-0.05, 0) is 31.2 Å². The fraction of sp³-hybridized carbons (Fsp3) is 0.519. The van der Waals surface area contributed by atoms with Gasteiger partial charge in [0.25, 0.3) is 0 Å². The number of hydrogen-bond donors (Lipinski definition) is 1. The van der Waals surface area contributed by atoms with Crippen molar-refractivity contribution < 1.29 is 24.2 Å². The Hall–Kier alpha value is -2.58. The quantitative estimate of drug-likeness (QED) is 0.355. The van der Waals surface area contributed by atoms with Gasteiger partial charge in [-0.15, -0.1) is 11.8 Å². The highest BCUT2D eigenvalue weighted by molar-refractivity contribution is 8.02. The Balaban J connectivity index is 1.51. The Morgan fingerprint density at radius 3 is 2.69 bits per heavy atom. The number of thioether (sulfide) groups is 1. The van der Waals surface area contributed by atoms with E-state index in [1.165, 1.54) is 0 Å². The fourth-order valence-corrected chi connectivity index (χ4v) is 7.91. The van der Waals surface area contributed by atoms with Crippen LogP contribution in [-0.2, 0) is 25.7 Å². The van der Waals surface area contributed by atoms with E-state index in [1.807, 2.05) is 59.5 Å². The van der Waals surface area contributed by atoms with Gasteiger partial charge in [0.05, 0.1) is 23.2 Å². The number of carbonyl (C=O) groups is 3. The number of ether oxygens (including phenoxy) is 1. The second kappa shape index (κ2) is 10.2. The van der Waals surface area contributed by atoms with Crippen molar-refractivity contribution in [3.8, 4) is 0 Å². The summed E-state index contributed by atoms with van der Waals surface area (Å²) in [6.07, 6.45) is 10.9. The molecule has 2 fully saturated rings. The van der Waals surface area contributed by atoms with Crippen LogP contribution >= 0.6 is 11.8 Å². The number of likely N-dealkylation sites (tertiary alicyclic amines) is 1. The van der Waals surface area contributed by atoms with Crippen LogP contribution in [0.25, 0.3) is 0 Å². The van der Waals surface area contributed by atoms with E-state index in [1.54, 1.807) is 16.7 Å². The molecule has 0 aliphatic carbocycles. The molecule has 186 valence electrons. The van der Waals surface area contributed by atoms with Crippen molar-refractivity contribution in [1.82, 2.24) is 9.80 Å². The first-order chi connectivity index (χ1) is 17.1. The van der Waals surface area contributed by atoms with Gasteiger partial charge in [-0.25, -0.2) is 0 Å². The molecular formula is C27H32N2O5S. The summed E-state index contributed by atoms with van der Waals surface area (Å²) in [4.78, 5) is 44.7. The lowest BCUT2D eigenvalue weighted by Gasteiger charge is -2.35. The van der Waals surface area contributed by atoms with Gasteiger partial charge in [-0.1, -0.05) is 54.6 Å². The molecule has 5 rings (SSSR count). The number of fused-ring (bicyclic) bond motifs is 2. The predicted molar refractivity (Wildman–Crippen MR) is 133 cm³/mol. The number of unbranched alkanes of at least 4 members (excludes halogenated alkanes) is 2. The van der Waals surface area contributed by atoms with Crippen LogP contribution < -0.4 is 0 Å². The molecule has 1 aromatic rings. The first kappa shape index (κ1) is 24.1. The van der Waals surface area contributed by atoms with E-state index in [-0.39, 0.29) is 29.6 Å². The number of cyclic esters (lactones) is 1. The zero-order valence-corrected chi connectivity index (χ0v) is 20.6. The van der Waals surface area contributed by atoms with Crippen LogP contribution in [0.3, 0.4) is 0 Å². The monoisotopic (exact) mass is 496 g/mol. The summed E-state index contributed by atoms with van der Waals surface area (Å²) in [6.45, 7) is 1.78. The number of nitrogens with zero attached hydrogens (tertiary/aromatic N) is 2. The van der Waals surface area contributed by atoms with Gasteiger partial charge < -0.3 is 19.6 Å². The topological polar surface area (TPSA) is 87.2 Å². The highest BCUT2D eigenvalue weighted by atomic mass is 32.2. The van der Waals surface area contributed by atoms with Crippen molar-refractivity contribution in [3.05, 3.63) is 60.2 Å². The van der Waals surface area contributed by atoms with Crippen LogP contribution in [0.15, 0.2) is 54.6 Å². The van der Waals surface area contributed by atoms with Crippen LogP contribution in [0, 0.1) is 11.8 Å².